The third-order valence-electron chi connectivity index (χ3n) is 3.92. The molecule has 4 heteroatoms. The Hall–Kier alpha value is -1.71. The Morgan fingerprint density at radius 3 is 2.48 bits per heavy atom. The number of hydrogen-bond donors (Lipinski definition) is 1. The average molecular weight is 304 g/mol. The van der Waals surface area contributed by atoms with E-state index in [9.17, 15) is 0 Å². The van der Waals surface area contributed by atoms with E-state index in [1.54, 1.807) is 14.2 Å². The summed E-state index contributed by atoms with van der Waals surface area (Å²) in [7, 11) is 3.32. The second-order valence-electron chi connectivity index (χ2n) is 5.06. The molecule has 0 aliphatic carbocycles. The zero-order valence-corrected chi connectivity index (χ0v) is 12.9. The van der Waals surface area contributed by atoms with Crippen molar-refractivity contribution in [1.29, 1.82) is 0 Å². The number of rotatable bonds is 3. The second-order valence-corrected chi connectivity index (χ2v) is 5.47. The summed E-state index contributed by atoms with van der Waals surface area (Å²) in [5, 5.41) is 4.32. The fraction of sp³-hybridized carbons (Fsp3) is 0.294. The molecule has 2 aromatic rings. The fourth-order valence-corrected chi connectivity index (χ4v) is 3.11. The van der Waals surface area contributed by atoms with E-state index in [4.69, 9.17) is 21.1 Å². The molecule has 0 unspecified atom stereocenters. The zero-order chi connectivity index (χ0) is 14.8. The molecule has 3 rings (SSSR count). The summed E-state index contributed by atoms with van der Waals surface area (Å²) < 4.78 is 10.8. The molecule has 21 heavy (non-hydrogen) atoms. The van der Waals surface area contributed by atoms with Gasteiger partial charge in [0.2, 0.25) is 0 Å². The lowest BCUT2D eigenvalue weighted by Crippen LogP contribution is -2.30. The van der Waals surface area contributed by atoms with Gasteiger partial charge in [-0.1, -0.05) is 29.8 Å². The molecule has 0 bridgehead atoms. The lowest BCUT2D eigenvalue weighted by Gasteiger charge is -2.29. The van der Waals surface area contributed by atoms with Gasteiger partial charge < -0.3 is 14.8 Å². The predicted molar refractivity (Wildman–Crippen MR) is 84.5 cm³/mol. The second kappa shape index (κ2) is 5.96. The van der Waals surface area contributed by atoms with Crippen LogP contribution in [-0.2, 0) is 6.42 Å². The maximum Gasteiger partial charge on any atom is 0.161 e. The minimum atomic E-state index is 0.0854. The van der Waals surface area contributed by atoms with Gasteiger partial charge in [0.05, 0.1) is 20.3 Å². The Kier molecular flexibility index (Phi) is 4.04. The Bertz CT molecular complexity index is 657. The predicted octanol–water partition coefficient (Wildman–Crippen LogP) is 3.59. The molecule has 1 aliphatic heterocycles. The third kappa shape index (κ3) is 2.59. The van der Waals surface area contributed by atoms with Crippen molar-refractivity contribution in [2.24, 2.45) is 0 Å². The monoisotopic (exact) mass is 303 g/mol. The molecule has 0 saturated carbocycles. The first kappa shape index (κ1) is 14.2. The summed E-state index contributed by atoms with van der Waals surface area (Å²) in [6.45, 7) is 0.915. The van der Waals surface area contributed by atoms with Crippen LogP contribution in [0.4, 0.5) is 0 Å². The van der Waals surface area contributed by atoms with Crippen LogP contribution in [-0.4, -0.2) is 20.8 Å². The van der Waals surface area contributed by atoms with Crippen LogP contribution >= 0.6 is 11.6 Å². The quantitative estimate of drug-likeness (QED) is 0.940. The van der Waals surface area contributed by atoms with Crippen LogP contribution in [0.1, 0.15) is 22.7 Å². The molecule has 0 amide bonds. The maximum absolute atomic E-state index is 6.36. The van der Waals surface area contributed by atoms with Crippen LogP contribution in [0, 0.1) is 0 Å². The molecule has 1 N–H and O–H groups in total. The van der Waals surface area contributed by atoms with Crippen molar-refractivity contribution in [1.82, 2.24) is 5.32 Å². The number of benzene rings is 2. The molecule has 0 radical (unpaired) electrons. The highest BCUT2D eigenvalue weighted by molar-refractivity contribution is 6.31. The molecule has 2 aromatic carbocycles. The van der Waals surface area contributed by atoms with Crippen molar-refractivity contribution in [3.63, 3.8) is 0 Å². The molecule has 1 aliphatic rings. The van der Waals surface area contributed by atoms with Gasteiger partial charge in [0.25, 0.3) is 0 Å². The Labute approximate surface area is 129 Å². The molecule has 0 aromatic heterocycles. The molecule has 0 spiro atoms. The molecule has 1 atom stereocenters. The van der Waals surface area contributed by atoms with Gasteiger partial charge in [-0.3, -0.25) is 0 Å². The van der Waals surface area contributed by atoms with Crippen LogP contribution in [0.25, 0.3) is 0 Å². The molecule has 0 saturated heterocycles. The van der Waals surface area contributed by atoms with Crippen LogP contribution in [0.5, 0.6) is 11.5 Å². The summed E-state index contributed by atoms with van der Waals surface area (Å²) in [5.74, 6) is 1.52. The fourth-order valence-electron chi connectivity index (χ4n) is 2.87. The summed E-state index contributed by atoms with van der Waals surface area (Å²) in [6.07, 6.45) is 0.969. The maximum atomic E-state index is 6.36. The first-order chi connectivity index (χ1) is 10.2. The highest BCUT2D eigenvalue weighted by atomic mass is 35.5. The van der Waals surface area contributed by atoms with Gasteiger partial charge in [0.1, 0.15) is 0 Å². The first-order valence-electron chi connectivity index (χ1n) is 6.97. The summed E-state index contributed by atoms with van der Waals surface area (Å²) in [5.41, 5.74) is 3.57. The topological polar surface area (TPSA) is 30.5 Å². The molecule has 110 valence electrons. The lowest BCUT2D eigenvalue weighted by atomic mass is 9.89. The van der Waals surface area contributed by atoms with Gasteiger partial charge in [-0.15, -0.1) is 0 Å². The number of methoxy groups -OCH3 is 2. The number of nitrogens with one attached hydrogen (secondary N) is 1. The number of fused-ring (bicyclic) bond motifs is 1. The molecular formula is C17H18ClNO2. The van der Waals surface area contributed by atoms with Crippen molar-refractivity contribution >= 4 is 11.6 Å². The summed E-state index contributed by atoms with van der Waals surface area (Å²) in [6, 6.07) is 12.1. The average Bonchev–Trinajstić information content (AvgIpc) is 2.53. The molecular weight excluding hydrogens is 286 g/mol. The van der Waals surface area contributed by atoms with Gasteiger partial charge in [-0.25, -0.2) is 0 Å². The number of hydrogen-bond acceptors (Lipinski definition) is 3. The van der Waals surface area contributed by atoms with E-state index in [2.05, 4.69) is 17.4 Å². The first-order valence-corrected chi connectivity index (χ1v) is 7.35. The normalized spacial score (nSPS) is 17.2. The van der Waals surface area contributed by atoms with E-state index >= 15 is 0 Å². The van der Waals surface area contributed by atoms with Gasteiger partial charge in [0, 0.05) is 11.6 Å². The molecule has 0 fully saturated rings. The van der Waals surface area contributed by atoms with E-state index in [0.29, 0.717) is 0 Å². The van der Waals surface area contributed by atoms with Gasteiger partial charge >= 0.3 is 0 Å². The number of halogens is 1. The Balaban J connectivity index is 2.11. The highest BCUT2D eigenvalue weighted by Gasteiger charge is 2.25. The van der Waals surface area contributed by atoms with Crippen molar-refractivity contribution in [2.45, 2.75) is 12.5 Å². The minimum Gasteiger partial charge on any atom is -0.493 e. The SMILES string of the molecule is COc1cc2c(cc1OC)[C@@H](c1ccccc1Cl)NCC2. The Morgan fingerprint density at radius 1 is 1.05 bits per heavy atom. The van der Waals surface area contributed by atoms with Crippen LogP contribution in [0.15, 0.2) is 36.4 Å². The zero-order valence-electron chi connectivity index (χ0n) is 12.2. The lowest BCUT2D eigenvalue weighted by molar-refractivity contribution is 0.353. The molecule has 1 heterocycles. The van der Waals surface area contributed by atoms with E-state index in [0.717, 1.165) is 35.1 Å². The van der Waals surface area contributed by atoms with Crippen LogP contribution in [0.2, 0.25) is 5.02 Å². The van der Waals surface area contributed by atoms with Crippen LogP contribution < -0.4 is 14.8 Å². The van der Waals surface area contributed by atoms with Crippen molar-refractivity contribution in [3.05, 3.63) is 58.1 Å². The number of ether oxygens (including phenoxy) is 2. The van der Waals surface area contributed by atoms with E-state index in [-0.39, 0.29) is 6.04 Å². The summed E-state index contributed by atoms with van der Waals surface area (Å²) >= 11 is 6.36. The van der Waals surface area contributed by atoms with Gasteiger partial charge in [-0.05, 0) is 41.3 Å². The van der Waals surface area contributed by atoms with Gasteiger partial charge in [0.15, 0.2) is 11.5 Å². The van der Waals surface area contributed by atoms with E-state index < -0.39 is 0 Å². The highest BCUT2D eigenvalue weighted by Crippen LogP contribution is 2.38. The smallest absolute Gasteiger partial charge is 0.161 e. The van der Waals surface area contributed by atoms with Crippen LogP contribution in [0.3, 0.4) is 0 Å². The van der Waals surface area contributed by atoms with E-state index in [1.807, 2.05) is 24.3 Å². The van der Waals surface area contributed by atoms with Crippen molar-refractivity contribution in [2.75, 3.05) is 20.8 Å². The van der Waals surface area contributed by atoms with Crippen molar-refractivity contribution in [3.8, 4) is 11.5 Å². The summed E-state index contributed by atoms with van der Waals surface area (Å²) in [4.78, 5) is 0. The minimum absolute atomic E-state index is 0.0854. The molecule has 3 nitrogen and oxygen atoms in total. The van der Waals surface area contributed by atoms with Gasteiger partial charge in [-0.2, -0.15) is 0 Å². The largest absolute Gasteiger partial charge is 0.493 e. The Morgan fingerprint density at radius 2 is 1.76 bits per heavy atom. The van der Waals surface area contributed by atoms with E-state index in [1.165, 1.54) is 11.1 Å². The van der Waals surface area contributed by atoms with Crippen molar-refractivity contribution < 1.29 is 9.47 Å². The standard InChI is InChI=1S/C17H18ClNO2/c1-20-15-9-11-7-8-19-17(13(11)10-16(15)21-2)12-5-3-4-6-14(12)18/h3-6,9-10,17,19H,7-8H2,1-2H3/t17-/m1/s1. The third-order valence-corrected chi connectivity index (χ3v) is 4.26.